The smallest absolute Gasteiger partial charge is 0.261 e. The molecule has 0 aliphatic heterocycles. The van der Waals surface area contributed by atoms with Gasteiger partial charge in [-0.3, -0.25) is 14.5 Å². The highest BCUT2D eigenvalue weighted by atomic mass is 35.5. The molecule has 0 bridgehead atoms. The first kappa shape index (κ1) is 16.8. The van der Waals surface area contributed by atoms with Gasteiger partial charge in [-0.05, 0) is 36.4 Å². The van der Waals surface area contributed by atoms with Crippen LogP contribution < -0.4 is 5.56 Å². The van der Waals surface area contributed by atoms with Gasteiger partial charge in [-0.2, -0.15) is 0 Å². The average molecular weight is 384 g/mol. The van der Waals surface area contributed by atoms with Crippen LogP contribution in [0.2, 0.25) is 5.02 Å². The van der Waals surface area contributed by atoms with Crippen LogP contribution in [0.5, 0.6) is 0 Å². The van der Waals surface area contributed by atoms with Gasteiger partial charge in [0, 0.05) is 17.6 Å². The Morgan fingerprint density at radius 2 is 1.88 bits per heavy atom. The largest absolute Gasteiger partial charge is 0.299 e. The summed E-state index contributed by atoms with van der Waals surface area (Å²) in [5, 5.41) is 9.03. The number of rotatable bonds is 4. The Morgan fingerprint density at radius 3 is 2.69 bits per heavy atom. The van der Waals surface area contributed by atoms with E-state index in [2.05, 4.69) is 20.2 Å². The number of thioether (sulfide) groups is 1. The lowest BCUT2D eigenvalue weighted by molar-refractivity contribution is 0.784. The number of H-pyrrole nitrogens is 1. The van der Waals surface area contributed by atoms with Crippen molar-refractivity contribution in [3.05, 3.63) is 69.7 Å². The molecular formula is C18H14ClN5OS. The summed E-state index contributed by atoms with van der Waals surface area (Å²) in [6.45, 7) is 0. The Morgan fingerprint density at radius 1 is 1.12 bits per heavy atom. The van der Waals surface area contributed by atoms with E-state index in [0.29, 0.717) is 38.5 Å². The summed E-state index contributed by atoms with van der Waals surface area (Å²) < 4.78 is 1.57. The van der Waals surface area contributed by atoms with Crippen molar-refractivity contribution in [3.63, 3.8) is 0 Å². The normalized spacial score (nSPS) is 11.2. The van der Waals surface area contributed by atoms with Crippen molar-refractivity contribution in [3.8, 4) is 11.4 Å². The van der Waals surface area contributed by atoms with Crippen LogP contribution in [0.25, 0.3) is 22.3 Å². The molecule has 0 atom stereocenters. The number of halogens is 1. The maximum atomic E-state index is 12.4. The van der Waals surface area contributed by atoms with Gasteiger partial charge in [0.15, 0.2) is 5.82 Å². The number of benzene rings is 2. The molecule has 6 nitrogen and oxygen atoms in total. The maximum Gasteiger partial charge on any atom is 0.261 e. The van der Waals surface area contributed by atoms with Crippen LogP contribution >= 0.6 is 23.4 Å². The van der Waals surface area contributed by atoms with Crippen LogP contribution in [0.4, 0.5) is 0 Å². The molecule has 0 aliphatic carbocycles. The highest BCUT2D eigenvalue weighted by Gasteiger charge is 2.11. The first-order valence-corrected chi connectivity index (χ1v) is 9.24. The summed E-state index contributed by atoms with van der Waals surface area (Å²) in [6, 6.07) is 14.7. The second kappa shape index (κ2) is 6.93. The molecule has 4 rings (SSSR count). The first-order chi connectivity index (χ1) is 12.6. The van der Waals surface area contributed by atoms with Crippen LogP contribution in [0.15, 0.2) is 58.5 Å². The van der Waals surface area contributed by atoms with E-state index >= 15 is 0 Å². The zero-order valence-electron chi connectivity index (χ0n) is 13.8. The van der Waals surface area contributed by atoms with Crippen molar-refractivity contribution < 1.29 is 0 Å². The highest BCUT2D eigenvalue weighted by Crippen LogP contribution is 2.23. The second-order valence-corrected chi connectivity index (χ2v) is 7.05. The van der Waals surface area contributed by atoms with E-state index in [4.69, 9.17) is 11.6 Å². The second-order valence-electron chi connectivity index (χ2n) is 5.67. The third kappa shape index (κ3) is 3.23. The molecule has 26 heavy (non-hydrogen) atoms. The number of nitrogens with zero attached hydrogens (tertiary/aromatic N) is 4. The van der Waals surface area contributed by atoms with E-state index in [0.717, 1.165) is 5.56 Å². The summed E-state index contributed by atoms with van der Waals surface area (Å²) in [7, 11) is 1.73. The number of para-hydroxylation sites is 1. The van der Waals surface area contributed by atoms with E-state index in [1.54, 1.807) is 29.8 Å². The van der Waals surface area contributed by atoms with E-state index in [-0.39, 0.29) is 5.56 Å². The molecule has 0 unspecified atom stereocenters. The van der Waals surface area contributed by atoms with Gasteiger partial charge in [-0.25, -0.2) is 9.97 Å². The summed E-state index contributed by atoms with van der Waals surface area (Å²) in [4.78, 5) is 21.5. The van der Waals surface area contributed by atoms with Crippen molar-refractivity contribution in [1.82, 2.24) is 24.7 Å². The number of hydrogen-bond donors (Lipinski definition) is 1. The van der Waals surface area contributed by atoms with Gasteiger partial charge in [0.1, 0.15) is 5.82 Å². The molecule has 0 saturated carbocycles. The third-order valence-electron chi connectivity index (χ3n) is 3.99. The number of hydrogen-bond acceptors (Lipinski definition) is 5. The lowest BCUT2D eigenvalue weighted by Crippen LogP contribution is -2.21. The predicted molar refractivity (Wildman–Crippen MR) is 103 cm³/mol. The molecule has 0 spiro atoms. The fraction of sp³-hybridized carbons (Fsp3) is 0.111. The molecule has 2 aromatic heterocycles. The fourth-order valence-corrected chi connectivity index (χ4v) is 3.48. The average Bonchev–Trinajstić information content (AvgIpc) is 3.13. The molecular weight excluding hydrogens is 370 g/mol. The number of nitrogens with one attached hydrogen (secondary N) is 1. The highest BCUT2D eigenvalue weighted by molar-refractivity contribution is 7.98. The van der Waals surface area contributed by atoms with Gasteiger partial charge in [0.05, 0.1) is 16.7 Å². The topological polar surface area (TPSA) is 76.5 Å². The van der Waals surface area contributed by atoms with Crippen molar-refractivity contribution in [2.75, 3.05) is 0 Å². The fourth-order valence-electron chi connectivity index (χ4n) is 2.57. The monoisotopic (exact) mass is 383 g/mol. The van der Waals surface area contributed by atoms with Crippen LogP contribution in [-0.4, -0.2) is 24.7 Å². The Hall–Kier alpha value is -2.64. The molecule has 1 N–H and O–H groups in total. The third-order valence-corrected chi connectivity index (χ3v) is 5.08. The molecule has 8 heteroatoms. The standard InChI is InChI=1S/C18H14ClN5OS/c1-24-15(20-14-5-3-2-4-13(14)17(24)25)10-26-18-21-16(22-23-18)11-6-8-12(19)9-7-11/h2-9H,10H2,1H3,(H,21,22,23). The zero-order chi connectivity index (χ0) is 18.1. The van der Waals surface area contributed by atoms with Crippen LogP contribution in [-0.2, 0) is 12.8 Å². The van der Waals surface area contributed by atoms with Crippen molar-refractivity contribution >= 4 is 34.3 Å². The minimum Gasteiger partial charge on any atom is -0.299 e. The summed E-state index contributed by atoms with van der Waals surface area (Å²) in [5.41, 5.74) is 1.55. The Bertz CT molecular complexity index is 1140. The van der Waals surface area contributed by atoms with Crippen molar-refractivity contribution in [2.24, 2.45) is 7.05 Å². The lowest BCUT2D eigenvalue weighted by atomic mass is 10.2. The summed E-state index contributed by atoms with van der Waals surface area (Å²) >= 11 is 7.33. The van der Waals surface area contributed by atoms with Gasteiger partial charge in [0.25, 0.3) is 5.56 Å². The van der Waals surface area contributed by atoms with Crippen molar-refractivity contribution in [1.29, 1.82) is 0 Å². The first-order valence-electron chi connectivity index (χ1n) is 7.87. The molecule has 0 fully saturated rings. The van der Waals surface area contributed by atoms with E-state index in [1.807, 2.05) is 30.3 Å². The van der Waals surface area contributed by atoms with Gasteiger partial charge in [0.2, 0.25) is 5.16 Å². The maximum absolute atomic E-state index is 12.4. The molecule has 0 radical (unpaired) electrons. The van der Waals surface area contributed by atoms with Gasteiger partial charge in [-0.1, -0.05) is 35.5 Å². The molecule has 4 aromatic rings. The minimum absolute atomic E-state index is 0.0527. The number of aromatic nitrogens is 5. The minimum atomic E-state index is -0.0527. The zero-order valence-corrected chi connectivity index (χ0v) is 15.4. The summed E-state index contributed by atoms with van der Waals surface area (Å²) in [5.74, 6) is 1.84. The molecule has 0 aliphatic rings. The SMILES string of the molecule is Cn1c(CSc2n[nH]c(-c3ccc(Cl)cc3)n2)nc2ccccc2c1=O. The van der Waals surface area contributed by atoms with Crippen LogP contribution in [0.1, 0.15) is 5.82 Å². The molecule has 2 aromatic carbocycles. The van der Waals surface area contributed by atoms with Crippen LogP contribution in [0, 0.1) is 0 Å². The molecule has 130 valence electrons. The number of aromatic amines is 1. The van der Waals surface area contributed by atoms with Gasteiger partial charge >= 0.3 is 0 Å². The summed E-state index contributed by atoms with van der Waals surface area (Å²) in [6.07, 6.45) is 0. The molecule has 0 saturated heterocycles. The Kier molecular flexibility index (Phi) is 4.48. The van der Waals surface area contributed by atoms with E-state index < -0.39 is 0 Å². The quantitative estimate of drug-likeness (QED) is 0.544. The lowest BCUT2D eigenvalue weighted by Gasteiger charge is -2.07. The number of fused-ring (bicyclic) bond motifs is 1. The Balaban J connectivity index is 1.56. The molecule has 0 amide bonds. The van der Waals surface area contributed by atoms with E-state index in [9.17, 15) is 4.79 Å². The Labute approximate surface area is 158 Å². The molecule has 2 heterocycles. The van der Waals surface area contributed by atoms with Gasteiger partial charge in [-0.15, -0.1) is 5.10 Å². The van der Waals surface area contributed by atoms with E-state index in [1.165, 1.54) is 11.8 Å². The van der Waals surface area contributed by atoms with Crippen molar-refractivity contribution in [2.45, 2.75) is 10.9 Å². The van der Waals surface area contributed by atoms with Crippen LogP contribution in [0.3, 0.4) is 0 Å². The van der Waals surface area contributed by atoms with Gasteiger partial charge < -0.3 is 0 Å². The predicted octanol–water partition coefficient (Wildman–Crippen LogP) is 3.66.